The first-order chi connectivity index (χ1) is 17.2. The normalized spacial score (nSPS) is 14.8. The molecule has 1 heterocycles. The number of aromatic nitrogens is 1. The van der Waals surface area contributed by atoms with Gasteiger partial charge in [0.05, 0.1) is 10.9 Å². The fraction of sp³-hybridized carbons (Fsp3) is 0.559. The number of nitrogens with zero attached hydrogens (tertiary/aromatic N) is 1. The second-order valence-electron chi connectivity index (χ2n) is 14.7. The maximum atomic E-state index is 13.7. The molecule has 0 bridgehead atoms. The van der Waals surface area contributed by atoms with Gasteiger partial charge in [-0.25, -0.2) is 0 Å². The zero-order chi connectivity index (χ0) is 28.7. The SMILES string of the molecule is Cn1c(-c2ccccc2)cc2ccc(OC(C)(C)CC(C)(C)OC(=O)C(C)(CC(C)(C)C)C(C)(C)C)cc21. The second kappa shape index (κ2) is 10.1. The van der Waals surface area contributed by atoms with Crippen molar-refractivity contribution >= 4 is 16.9 Å². The lowest BCUT2D eigenvalue weighted by molar-refractivity contribution is -0.181. The summed E-state index contributed by atoms with van der Waals surface area (Å²) in [6.07, 6.45) is 1.31. The Kier molecular flexibility index (Phi) is 7.92. The molecule has 0 amide bonds. The van der Waals surface area contributed by atoms with Gasteiger partial charge in [-0.15, -0.1) is 0 Å². The van der Waals surface area contributed by atoms with E-state index < -0.39 is 16.6 Å². The molecule has 2 aromatic carbocycles. The quantitative estimate of drug-likeness (QED) is 0.279. The number of carbonyl (C=O) groups excluding carboxylic acids is 1. The van der Waals surface area contributed by atoms with E-state index in [1.807, 2.05) is 26.0 Å². The molecule has 4 heteroatoms. The summed E-state index contributed by atoms with van der Waals surface area (Å²) in [5, 5.41) is 1.17. The molecule has 0 aliphatic carbocycles. The standard InChI is InChI=1S/C34H49NO3/c1-30(2,3)22-34(11,31(4,5)6)29(36)38-33(9,10)23-32(7,8)37-26-19-18-25-20-27(35(12)28(25)21-26)24-16-14-13-15-17-24/h13-21H,22-23H2,1-12H3. The number of rotatable bonds is 8. The highest BCUT2D eigenvalue weighted by molar-refractivity contribution is 5.88. The fourth-order valence-electron chi connectivity index (χ4n) is 5.74. The lowest BCUT2D eigenvalue weighted by Gasteiger charge is -2.45. The van der Waals surface area contributed by atoms with Gasteiger partial charge in [-0.05, 0) is 75.6 Å². The molecule has 0 radical (unpaired) electrons. The van der Waals surface area contributed by atoms with Gasteiger partial charge in [0.2, 0.25) is 0 Å². The Bertz CT molecular complexity index is 1270. The van der Waals surface area contributed by atoms with Crippen LogP contribution < -0.4 is 4.74 Å². The Morgan fingerprint density at radius 2 is 1.37 bits per heavy atom. The lowest BCUT2D eigenvalue weighted by Crippen LogP contribution is -2.48. The molecule has 208 valence electrons. The molecule has 38 heavy (non-hydrogen) atoms. The average molecular weight is 520 g/mol. The van der Waals surface area contributed by atoms with Crippen LogP contribution in [0.3, 0.4) is 0 Å². The van der Waals surface area contributed by atoms with Gasteiger partial charge in [0.25, 0.3) is 0 Å². The third kappa shape index (κ3) is 6.81. The van der Waals surface area contributed by atoms with Crippen LogP contribution in [-0.4, -0.2) is 21.7 Å². The minimum absolute atomic E-state index is 0.00351. The summed E-state index contributed by atoms with van der Waals surface area (Å²) in [6.45, 7) is 23.1. The van der Waals surface area contributed by atoms with E-state index in [0.29, 0.717) is 6.42 Å². The molecule has 0 spiro atoms. The molecule has 0 N–H and O–H groups in total. The smallest absolute Gasteiger partial charge is 0.312 e. The van der Waals surface area contributed by atoms with Gasteiger partial charge in [0, 0.05) is 30.6 Å². The summed E-state index contributed by atoms with van der Waals surface area (Å²) in [5.41, 5.74) is 1.39. The molecule has 0 aliphatic heterocycles. The number of aryl methyl sites for hydroxylation is 1. The van der Waals surface area contributed by atoms with Gasteiger partial charge in [-0.2, -0.15) is 0 Å². The van der Waals surface area contributed by atoms with Crippen molar-refractivity contribution in [3.05, 3.63) is 54.6 Å². The van der Waals surface area contributed by atoms with Gasteiger partial charge in [-0.3, -0.25) is 4.79 Å². The molecular formula is C34H49NO3. The number of esters is 1. The summed E-state index contributed by atoms with van der Waals surface area (Å²) in [6, 6.07) is 18.9. The van der Waals surface area contributed by atoms with Gasteiger partial charge in [0.1, 0.15) is 17.0 Å². The average Bonchev–Trinajstić information content (AvgIpc) is 3.07. The highest BCUT2D eigenvalue weighted by Crippen LogP contribution is 2.48. The van der Waals surface area contributed by atoms with Gasteiger partial charge in [-0.1, -0.05) is 71.9 Å². The highest BCUT2D eigenvalue weighted by atomic mass is 16.6. The Morgan fingerprint density at radius 3 is 1.92 bits per heavy atom. The molecule has 1 atom stereocenters. The predicted octanol–water partition coefficient (Wildman–Crippen LogP) is 9.20. The highest BCUT2D eigenvalue weighted by Gasteiger charge is 2.49. The second-order valence-corrected chi connectivity index (χ2v) is 14.7. The fourth-order valence-corrected chi connectivity index (χ4v) is 5.74. The van der Waals surface area contributed by atoms with E-state index in [2.05, 4.69) is 116 Å². The van der Waals surface area contributed by atoms with Crippen molar-refractivity contribution < 1.29 is 14.3 Å². The van der Waals surface area contributed by atoms with Crippen LogP contribution in [0, 0.1) is 16.2 Å². The number of benzene rings is 2. The topological polar surface area (TPSA) is 40.5 Å². The summed E-state index contributed by atoms with van der Waals surface area (Å²) in [7, 11) is 2.09. The van der Waals surface area contributed by atoms with Crippen LogP contribution in [0.1, 0.15) is 89.0 Å². The van der Waals surface area contributed by atoms with Crippen LogP contribution in [0.15, 0.2) is 54.6 Å². The van der Waals surface area contributed by atoms with Crippen LogP contribution >= 0.6 is 0 Å². The van der Waals surface area contributed by atoms with Crippen LogP contribution in [-0.2, 0) is 16.6 Å². The first-order valence-corrected chi connectivity index (χ1v) is 13.8. The number of fused-ring (bicyclic) bond motifs is 1. The van der Waals surface area contributed by atoms with E-state index in [4.69, 9.17) is 9.47 Å². The molecule has 0 saturated carbocycles. The number of hydrogen-bond acceptors (Lipinski definition) is 3. The summed E-state index contributed by atoms with van der Waals surface area (Å²) >= 11 is 0. The third-order valence-corrected chi connectivity index (χ3v) is 7.69. The van der Waals surface area contributed by atoms with Gasteiger partial charge in [0.15, 0.2) is 0 Å². The number of ether oxygens (including phenoxy) is 2. The van der Waals surface area contributed by atoms with Crippen molar-refractivity contribution in [1.29, 1.82) is 0 Å². The molecule has 3 aromatic rings. The third-order valence-electron chi connectivity index (χ3n) is 7.69. The van der Waals surface area contributed by atoms with E-state index in [1.54, 1.807) is 0 Å². The molecule has 1 unspecified atom stereocenters. The molecular weight excluding hydrogens is 470 g/mol. The Labute approximate surface area is 230 Å². The Balaban J connectivity index is 1.79. The van der Waals surface area contributed by atoms with Crippen molar-refractivity contribution in [3.63, 3.8) is 0 Å². The van der Waals surface area contributed by atoms with E-state index in [9.17, 15) is 4.79 Å². The monoisotopic (exact) mass is 519 g/mol. The first kappa shape index (κ1) is 29.8. The van der Waals surface area contributed by atoms with E-state index in [0.717, 1.165) is 17.7 Å². The summed E-state index contributed by atoms with van der Waals surface area (Å²) in [4.78, 5) is 13.7. The molecule has 1 aromatic heterocycles. The Morgan fingerprint density at radius 1 is 0.763 bits per heavy atom. The van der Waals surface area contributed by atoms with E-state index >= 15 is 0 Å². The zero-order valence-corrected chi connectivity index (χ0v) is 25.8. The predicted molar refractivity (Wildman–Crippen MR) is 159 cm³/mol. The van der Waals surface area contributed by atoms with Crippen molar-refractivity contribution in [3.8, 4) is 17.0 Å². The van der Waals surface area contributed by atoms with Crippen LogP contribution in [0.25, 0.3) is 22.2 Å². The molecule has 0 saturated heterocycles. The van der Waals surface area contributed by atoms with Crippen molar-refractivity contribution in [1.82, 2.24) is 4.57 Å². The van der Waals surface area contributed by atoms with Gasteiger partial charge >= 0.3 is 5.97 Å². The van der Waals surface area contributed by atoms with E-state index in [1.165, 1.54) is 16.6 Å². The molecule has 4 nitrogen and oxygen atoms in total. The van der Waals surface area contributed by atoms with Crippen molar-refractivity contribution in [2.75, 3.05) is 0 Å². The minimum Gasteiger partial charge on any atom is -0.488 e. The van der Waals surface area contributed by atoms with Crippen LogP contribution in [0.2, 0.25) is 0 Å². The van der Waals surface area contributed by atoms with Crippen molar-refractivity contribution in [2.24, 2.45) is 23.3 Å². The molecule has 0 aliphatic rings. The van der Waals surface area contributed by atoms with Crippen molar-refractivity contribution in [2.45, 2.75) is 100 Å². The summed E-state index contributed by atoms with van der Waals surface area (Å²) < 4.78 is 15.0. The zero-order valence-electron chi connectivity index (χ0n) is 25.8. The van der Waals surface area contributed by atoms with Gasteiger partial charge < -0.3 is 14.0 Å². The Hall–Kier alpha value is -2.75. The summed E-state index contributed by atoms with van der Waals surface area (Å²) in [5.74, 6) is 0.664. The van der Waals surface area contributed by atoms with Crippen LogP contribution in [0.5, 0.6) is 5.75 Å². The lowest BCUT2D eigenvalue weighted by atomic mass is 9.61. The van der Waals surface area contributed by atoms with E-state index in [-0.39, 0.29) is 16.8 Å². The van der Waals surface area contributed by atoms with Crippen LogP contribution in [0.4, 0.5) is 0 Å². The molecule has 3 rings (SSSR count). The maximum absolute atomic E-state index is 13.7. The number of hydrogen-bond donors (Lipinski definition) is 0. The minimum atomic E-state index is -0.694. The maximum Gasteiger partial charge on any atom is 0.312 e. The largest absolute Gasteiger partial charge is 0.488 e. The number of carbonyl (C=O) groups is 1. The first-order valence-electron chi connectivity index (χ1n) is 13.8. The molecule has 0 fully saturated rings.